The molecule has 0 saturated carbocycles. The van der Waals surface area contributed by atoms with Crippen molar-refractivity contribution in [2.75, 3.05) is 19.6 Å². The van der Waals surface area contributed by atoms with Gasteiger partial charge in [0.25, 0.3) is 0 Å². The minimum atomic E-state index is 0.446. The van der Waals surface area contributed by atoms with Gasteiger partial charge < -0.3 is 5.32 Å². The van der Waals surface area contributed by atoms with Crippen molar-refractivity contribution in [3.05, 3.63) is 56.7 Å². The molecule has 2 heterocycles. The normalized spacial score (nSPS) is 20.8. The highest BCUT2D eigenvalue weighted by atomic mass is 79.9. The Bertz CT molecular complexity index is 540. The molecule has 0 spiro atoms. The molecule has 3 rings (SSSR count). The maximum atomic E-state index is 3.67. The molecule has 0 aliphatic carbocycles. The molecule has 1 unspecified atom stereocenters. The third kappa shape index (κ3) is 3.70. The van der Waals surface area contributed by atoms with Gasteiger partial charge in [0.05, 0.1) is 3.79 Å². The number of halogens is 1. The summed E-state index contributed by atoms with van der Waals surface area (Å²) in [6, 6.07) is 15.6. The predicted molar refractivity (Wildman–Crippen MR) is 89.1 cm³/mol. The number of hydrogen-bond acceptors (Lipinski definition) is 3. The van der Waals surface area contributed by atoms with Gasteiger partial charge in [0.2, 0.25) is 0 Å². The zero-order valence-electron chi connectivity index (χ0n) is 11.4. The molecule has 106 valence electrons. The fourth-order valence-electron chi connectivity index (χ4n) is 2.70. The Balaban J connectivity index is 1.69. The monoisotopic (exact) mass is 350 g/mol. The Kier molecular flexibility index (Phi) is 4.89. The van der Waals surface area contributed by atoms with Crippen LogP contribution < -0.4 is 5.32 Å². The van der Waals surface area contributed by atoms with Gasteiger partial charge in [-0.05, 0) is 53.1 Å². The Morgan fingerprint density at radius 2 is 2.05 bits per heavy atom. The minimum absolute atomic E-state index is 0.446. The molecule has 1 saturated heterocycles. The Hall–Kier alpha value is -0.680. The minimum Gasteiger partial charge on any atom is -0.309 e. The van der Waals surface area contributed by atoms with Gasteiger partial charge in [0, 0.05) is 24.0 Å². The highest BCUT2D eigenvalue weighted by molar-refractivity contribution is 9.11. The number of thiophene rings is 1. The SMILES string of the molecule is Brc1ccc(CN2CCCNC(c3ccccc3)C2)s1. The van der Waals surface area contributed by atoms with Gasteiger partial charge in [-0.1, -0.05) is 30.3 Å². The first-order valence-corrected chi connectivity index (χ1v) is 8.67. The molecule has 0 bridgehead atoms. The zero-order chi connectivity index (χ0) is 13.8. The average Bonchev–Trinajstić information content (AvgIpc) is 2.74. The predicted octanol–water partition coefficient (Wildman–Crippen LogP) is 4.05. The van der Waals surface area contributed by atoms with Gasteiger partial charge in [-0.3, -0.25) is 4.90 Å². The maximum Gasteiger partial charge on any atom is 0.0701 e. The van der Waals surface area contributed by atoms with E-state index in [1.165, 1.54) is 27.2 Å². The van der Waals surface area contributed by atoms with Crippen LogP contribution in [0.1, 0.15) is 22.9 Å². The lowest BCUT2D eigenvalue weighted by atomic mass is 10.1. The number of rotatable bonds is 3. The summed E-state index contributed by atoms with van der Waals surface area (Å²) < 4.78 is 1.22. The Morgan fingerprint density at radius 3 is 2.80 bits per heavy atom. The van der Waals surface area contributed by atoms with E-state index in [1.54, 1.807) is 0 Å². The van der Waals surface area contributed by atoms with E-state index in [1.807, 2.05) is 11.3 Å². The summed E-state index contributed by atoms with van der Waals surface area (Å²) >= 11 is 5.39. The molecule has 2 aromatic rings. The summed E-state index contributed by atoms with van der Waals surface area (Å²) in [5, 5.41) is 3.67. The Morgan fingerprint density at radius 1 is 1.20 bits per heavy atom. The molecule has 20 heavy (non-hydrogen) atoms. The van der Waals surface area contributed by atoms with E-state index >= 15 is 0 Å². The number of hydrogen-bond donors (Lipinski definition) is 1. The lowest BCUT2D eigenvalue weighted by molar-refractivity contribution is 0.263. The van der Waals surface area contributed by atoms with Crippen molar-refractivity contribution in [2.24, 2.45) is 0 Å². The van der Waals surface area contributed by atoms with Gasteiger partial charge in [0.15, 0.2) is 0 Å². The fraction of sp³-hybridized carbons (Fsp3) is 0.375. The molecule has 0 radical (unpaired) electrons. The fourth-order valence-corrected chi connectivity index (χ4v) is 4.23. The van der Waals surface area contributed by atoms with Gasteiger partial charge in [-0.15, -0.1) is 11.3 Å². The molecule has 1 aromatic carbocycles. The highest BCUT2D eigenvalue weighted by Crippen LogP contribution is 2.25. The maximum absolute atomic E-state index is 3.67. The number of nitrogens with one attached hydrogen (secondary N) is 1. The van der Waals surface area contributed by atoms with Crippen LogP contribution in [-0.4, -0.2) is 24.5 Å². The third-order valence-electron chi connectivity index (χ3n) is 3.69. The summed E-state index contributed by atoms with van der Waals surface area (Å²) in [6.07, 6.45) is 1.22. The van der Waals surface area contributed by atoms with Crippen LogP contribution in [0.5, 0.6) is 0 Å². The summed E-state index contributed by atoms with van der Waals surface area (Å²) in [5.41, 5.74) is 1.40. The Labute approximate surface area is 132 Å². The molecule has 4 heteroatoms. The second-order valence-electron chi connectivity index (χ2n) is 5.21. The van der Waals surface area contributed by atoms with E-state index in [-0.39, 0.29) is 0 Å². The highest BCUT2D eigenvalue weighted by Gasteiger charge is 2.19. The molecular formula is C16H19BrN2S. The van der Waals surface area contributed by atoms with Crippen LogP contribution in [0.25, 0.3) is 0 Å². The van der Waals surface area contributed by atoms with Gasteiger partial charge in [0.1, 0.15) is 0 Å². The van der Waals surface area contributed by atoms with Crippen molar-refractivity contribution in [1.29, 1.82) is 0 Å². The zero-order valence-corrected chi connectivity index (χ0v) is 13.8. The number of benzene rings is 1. The smallest absolute Gasteiger partial charge is 0.0701 e. The van der Waals surface area contributed by atoms with Crippen LogP contribution in [-0.2, 0) is 6.54 Å². The van der Waals surface area contributed by atoms with E-state index in [2.05, 4.69) is 68.6 Å². The van der Waals surface area contributed by atoms with Crippen molar-refractivity contribution in [2.45, 2.75) is 19.0 Å². The van der Waals surface area contributed by atoms with Crippen molar-refractivity contribution >= 4 is 27.3 Å². The molecule has 1 fully saturated rings. The molecule has 2 nitrogen and oxygen atoms in total. The molecule has 1 atom stereocenters. The van der Waals surface area contributed by atoms with Crippen LogP contribution in [0.2, 0.25) is 0 Å². The van der Waals surface area contributed by atoms with E-state index in [9.17, 15) is 0 Å². The lowest BCUT2D eigenvalue weighted by Gasteiger charge is -2.24. The number of nitrogens with zero attached hydrogens (tertiary/aromatic N) is 1. The van der Waals surface area contributed by atoms with Crippen LogP contribution >= 0.6 is 27.3 Å². The second kappa shape index (κ2) is 6.85. The molecule has 1 N–H and O–H groups in total. The summed E-state index contributed by atoms with van der Waals surface area (Å²) in [7, 11) is 0. The van der Waals surface area contributed by atoms with Gasteiger partial charge in [-0.2, -0.15) is 0 Å². The van der Waals surface area contributed by atoms with Crippen LogP contribution in [0, 0.1) is 0 Å². The van der Waals surface area contributed by atoms with Crippen LogP contribution in [0.15, 0.2) is 46.3 Å². The molecule has 1 aliphatic rings. The molecular weight excluding hydrogens is 332 g/mol. The largest absolute Gasteiger partial charge is 0.309 e. The lowest BCUT2D eigenvalue weighted by Crippen LogP contribution is -2.30. The van der Waals surface area contributed by atoms with Crippen LogP contribution in [0.3, 0.4) is 0 Å². The summed E-state index contributed by atoms with van der Waals surface area (Å²) in [4.78, 5) is 4.00. The quantitative estimate of drug-likeness (QED) is 0.898. The average molecular weight is 351 g/mol. The molecule has 1 aliphatic heterocycles. The summed E-state index contributed by atoms with van der Waals surface area (Å²) in [5.74, 6) is 0. The van der Waals surface area contributed by atoms with Gasteiger partial charge in [-0.25, -0.2) is 0 Å². The van der Waals surface area contributed by atoms with E-state index in [0.717, 1.165) is 19.6 Å². The second-order valence-corrected chi connectivity index (χ2v) is 7.76. The topological polar surface area (TPSA) is 15.3 Å². The van der Waals surface area contributed by atoms with E-state index in [4.69, 9.17) is 0 Å². The molecule has 0 amide bonds. The van der Waals surface area contributed by atoms with Crippen LogP contribution in [0.4, 0.5) is 0 Å². The van der Waals surface area contributed by atoms with Crippen molar-refractivity contribution in [1.82, 2.24) is 10.2 Å². The van der Waals surface area contributed by atoms with Crippen molar-refractivity contribution < 1.29 is 0 Å². The van der Waals surface area contributed by atoms with E-state index in [0.29, 0.717) is 6.04 Å². The van der Waals surface area contributed by atoms with Crippen molar-refractivity contribution in [3.8, 4) is 0 Å². The van der Waals surface area contributed by atoms with Crippen molar-refractivity contribution in [3.63, 3.8) is 0 Å². The first kappa shape index (κ1) is 14.3. The first-order valence-electron chi connectivity index (χ1n) is 7.06. The van der Waals surface area contributed by atoms with E-state index < -0.39 is 0 Å². The first-order chi connectivity index (χ1) is 9.81. The third-order valence-corrected chi connectivity index (χ3v) is 5.30. The molecule has 1 aromatic heterocycles. The summed E-state index contributed by atoms with van der Waals surface area (Å²) in [6.45, 7) is 4.41. The van der Waals surface area contributed by atoms with Gasteiger partial charge >= 0.3 is 0 Å². The standard InChI is InChI=1S/C16H19BrN2S/c17-16-8-7-14(20-16)11-19-10-4-9-18-15(12-19)13-5-2-1-3-6-13/h1-3,5-8,15,18H,4,9-12H2.